The maximum absolute atomic E-state index is 12.9. The van der Waals surface area contributed by atoms with Crippen LogP contribution >= 0.6 is 12.4 Å². The van der Waals surface area contributed by atoms with Crippen LogP contribution in [0.25, 0.3) is 0 Å². The number of methoxy groups -OCH3 is 1. The second kappa shape index (κ2) is 11.9. The molecule has 6 nitrogen and oxygen atoms in total. The van der Waals surface area contributed by atoms with Crippen molar-refractivity contribution >= 4 is 18.3 Å². The fraction of sp³-hybridized carbons (Fsp3) is 0.261. The number of nitrogens with two attached hydrogens (primary N) is 1. The third-order valence-corrected chi connectivity index (χ3v) is 4.51. The summed E-state index contributed by atoms with van der Waals surface area (Å²) in [5, 5.41) is 0. The number of carbonyl (C=O) groups excluding carboxylic acids is 1. The molecule has 0 radical (unpaired) electrons. The van der Waals surface area contributed by atoms with Gasteiger partial charge in [0, 0.05) is 19.6 Å². The molecule has 0 saturated carbocycles. The second-order valence-electron chi connectivity index (χ2n) is 6.52. The van der Waals surface area contributed by atoms with Gasteiger partial charge in [-0.2, -0.15) is 0 Å². The van der Waals surface area contributed by atoms with Gasteiger partial charge >= 0.3 is 0 Å². The molecule has 3 aromatic rings. The molecule has 1 amide bonds. The molecule has 0 fully saturated rings. The van der Waals surface area contributed by atoms with Crippen molar-refractivity contribution in [1.82, 2.24) is 4.90 Å². The summed E-state index contributed by atoms with van der Waals surface area (Å²) < 4.78 is 16.7. The van der Waals surface area contributed by atoms with Crippen molar-refractivity contribution in [3.8, 4) is 11.5 Å². The van der Waals surface area contributed by atoms with E-state index in [2.05, 4.69) is 0 Å². The largest absolute Gasteiger partial charge is 0.493 e. The smallest absolute Gasteiger partial charge is 0.289 e. The van der Waals surface area contributed by atoms with Crippen LogP contribution in [0.3, 0.4) is 0 Å². The molecule has 0 aliphatic rings. The minimum absolute atomic E-state index is 0. The predicted molar refractivity (Wildman–Crippen MR) is 118 cm³/mol. The summed E-state index contributed by atoms with van der Waals surface area (Å²) in [7, 11) is 1.59. The Hall–Kier alpha value is -2.96. The van der Waals surface area contributed by atoms with Crippen molar-refractivity contribution in [2.45, 2.75) is 13.0 Å². The molecule has 0 spiro atoms. The average molecular weight is 431 g/mol. The molecule has 160 valence electrons. The molecule has 0 aliphatic carbocycles. The van der Waals surface area contributed by atoms with Crippen molar-refractivity contribution in [3.63, 3.8) is 0 Å². The number of rotatable bonds is 10. The molecule has 0 atom stereocenters. The summed E-state index contributed by atoms with van der Waals surface area (Å²) in [4.78, 5) is 14.6. The maximum atomic E-state index is 12.9. The summed E-state index contributed by atoms with van der Waals surface area (Å²) in [6.07, 6.45) is 0.761. The lowest BCUT2D eigenvalue weighted by molar-refractivity contribution is 0.0726. The van der Waals surface area contributed by atoms with Gasteiger partial charge in [-0.25, -0.2) is 0 Å². The Morgan fingerprint density at radius 2 is 1.67 bits per heavy atom. The zero-order valence-corrected chi connectivity index (χ0v) is 17.8. The van der Waals surface area contributed by atoms with E-state index in [4.69, 9.17) is 19.6 Å². The standard InChI is InChI=1S/C23H26N2O4.ClH/c1-27-20-9-5-6-10-21(20)28-17-19-11-12-22(29-19)23(26)25(16-14-24)15-13-18-7-3-2-4-8-18;/h2-12H,13-17,24H2,1H3;1H. The monoisotopic (exact) mass is 430 g/mol. The number of furan rings is 1. The lowest BCUT2D eigenvalue weighted by Crippen LogP contribution is -2.36. The molecule has 0 saturated heterocycles. The molecule has 3 rings (SSSR count). The topological polar surface area (TPSA) is 77.9 Å². The minimum Gasteiger partial charge on any atom is -0.493 e. The van der Waals surface area contributed by atoms with E-state index in [0.717, 1.165) is 6.42 Å². The van der Waals surface area contributed by atoms with E-state index in [0.29, 0.717) is 36.9 Å². The summed E-state index contributed by atoms with van der Waals surface area (Å²) in [5.74, 6) is 1.94. The van der Waals surface area contributed by atoms with E-state index >= 15 is 0 Å². The van der Waals surface area contributed by atoms with E-state index in [-0.39, 0.29) is 30.7 Å². The Morgan fingerprint density at radius 1 is 0.967 bits per heavy atom. The van der Waals surface area contributed by atoms with Crippen molar-refractivity contribution in [3.05, 3.63) is 83.8 Å². The minimum atomic E-state index is -0.171. The fourth-order valence-corrected chi connectivity index (χ4v) is 2.99. The average Bonchev–Trinajstić information content (AvgIpc) is 3.24. The predicted octanol–water partition coefficient (Wildman–Crippen LogP) is 3.93. The first-order valence-corrected chi connectivity index (χ1v) is 9.59. The van der Waals surface area contributed by atoms with Crippen molar-refractivity contribution in [2.75, 3.05) is 26.7 Å². The van der Waals surface area contributed by atoms with Gasteiger partial charge < -0.3 is 24.5 Å². The molecular weight excluding hydrogens is 404 g/mol. The van der Waals surface area contributed by atoms with Gasteiger partial charge in [-0.05, 0) is 36.2 Å². The third-order valence-electron chi connectivity index (χ3n) is 4.51. The molecule has 0 unspecified atom stereocenters. The van der Waals surface area contributed by atoms with Crippen LogP contribution in [0.15, 0.2) is 71.1 Å². The number of halogens is 1. The Balaban J connectivity index is 0.00000320. The quantitative estimate of drug-likeness (QED) is 0.527. The molecular formula is C23H27ClN2O4. The maximum Gasteiger partial charge on any atom is 0.289 e. The van der Waals surface area contributed by atoms with Gasteiger partial charge in [0.25, 0.3) is 5.91 Å². The molecule has 2 aromatic carbocycles. The molecule has 0 bridgehead atoms. The van der Waals surface area contributed by atoms with Gasteiger partial charge in [0.1, 0.15) is 12.4 Å². The third kappa shape index (κ3) is 6.27. The number of amides is 1. The Bertz CT molecular complexity index is 914. The van der Waals surface area contributed by atoms with Crippen LogP contribution in [-0.4, -0.2) is 37.6 Å². The van der Waals surface area contributed by atoms with Crippen molar-refractivity contribution in [2.24, 2.45) is 5.73 Å². The lowest BCUT2D eigenvalue weighted by Gasteiger charge is -2.21. The fourth-order valence-electron chi connectivity index (χ4n) is 2.99. The van der Waals surface area contributed by atoms with Gasteiger partial charge in [-0.1, -0.05) is 42.5 Å². The van der Waals surface area contributed by atoms with E-state index in [1.807, 2.05) is 54.6 Å². The highest BCUT2D eigenvalue weighted by Gasteiger charge is 2.19. The Morgan fingerprint density at radius 3 is 2.37 bits per heavy atom. The summed E-state index contributed by atoms with van der Waals surface area (Å²) >= 11 is 0. The van der Waals surface area contributed by atoms with Crippen LogP contribution < -0.4 is 15.2 Å². The zero-order chi connectivity index (χ0) is 20.5. The van der Waals surface area contributed by atoms with Crippen molar-refractivity contribution < 1.29 is 18.7 Å². The molecule has 2 N–H and O–H groups in total. The number of para-hydroxylation sites is 2. The highest BCUT2D eigenvalue weighted by atomic mass is 35.5. The van der Waals surface area contributed by atoms with Gasteiger partial charge in [0.2, 0.25) is 0 Å². The molecule has 7 heteroatoms. The van der Waals surface area contributed by atoms with E-state index in [9.17, 15) is 4.79 Å². The number of ether oxygens (including phenoxy) is 2. The number of hydrogen-bond donors (Lipinski definition) is 1. The number of carbonyl (C=O) groups is 1. The van der Waals surface area contributed by atoms with Gasteiger partial charge in [0.15, 0.2) is 17.3 Å². The Kier molecular flexibility index (Phi) is 9.25. The molecule has 1 aromatic heterocycles. The molecule has 0 aliphatic heterocycles. The van der Waals surface area contributed by atoms with Crippen LogP contribution in [0, 0.1) is 0 Å². The van der Waals surface area contributed by atoms with Crippen LogP contribution in [0.2, 0.25) is 0 Å². The van der Waals surface area contributed by atoms with E-state index in [1.54, 1.807) is 24.1 Å². The Labute approximate surface area is 183 Å². The number of hydrogen-bond acceptors (Lipinski definition) is 5. The first kappa shape index (κ1) is 23.3. The highest BCUT2D eigenvalue weighted by Crippen LogP contribution is 2.27. The van der Waals surface area contributed by atoms with E-state index < -0.39 is 0 Å². The summed E-state index contributed by atoms with van der Waals surface area (Å²) in [6, 6.07) is 20.9. The van der Waals surface area contributed by atoms with E-state index in [1.165, 1.54) is 5.56 Å². The highest BCUT2D eigenvalue weighted by molar-refractivity contribution is 5.91. The van der Waals surface area contributed by atoms with Crippen LogP contribution in [0.5, 0.6) is 11.5 Å². The number of benzene rings is 2. The van der Waals surface area contributed by atoms with Crippen molar-refractivity contribution in [1.29, 1.82) is 0 Å². The van der Waals surface area contributed by atoms with Gasteiger partial charge in [-0.3, -0.25) is 4.79 Å². The first-order chi connectivity index (χ1) is 14.2. The summed E-state index contributed by atoms with van der Waals surface area (Å²) in [5.41, 5.74) is 6.88. The molecule has 30 heavy (non-hydrogen) atoms. The van der Waals surface area contributed by atoms with Gasteiger partial charge in [-0.15, -0.1) is 12.4 Å². The van der Waals surface area contributed by atoms with Crippen LogP contribution in [0.1, 0.15) is 21.9 Å². The normalized spacial score (nSPS) is 10.2. The van der Waals surface area contributed by atoms with Crippen LogP contribution in [0.4, 0.5) is 0 Å². The SMILES string of the molecule is COc1ccccc1OCc1ccc(C(=O)N(CCN)CCc2ccccc2)o1.Cl. The summed E-state index contributed by atoms with van der Waals surface area (Å²) in [6.45, 7) is 1.65. The van der Waals surface area contributed by atoms with Gasteiger partial charge in [0.05, 0.1) is 7.11 Å². The zero-order valence-electron chi connectivity index (χ0n) is 17.0. The van der Waals surface area contributed by atoms with Crippen LogP contribution in [-0.2, 0) is 13.0 Å². The first-order valence-electron chi connectivity index (χ1n) is 9.59. The number of nitrogens with zero attached hydrogens (tertiary/aromatic N) is 1. The lowest BCUT2D eigenvalue weighted by atomic mass is 10.1. The second-order valence-corrected chi connectivity index (χ2v) is 6.52. The molecule has 1 heterocycles.